The van der Waals surface area contributed by atoms with Gasteiger partial charge in [0.25, 0.3) is 11.8 Å². The van der Waals surface area contributed by atoms with Crippen molar-refractivity contribution < 1.29 is 19.1 Å². The molecule has 1 aliphatic heterocycles. The number of carbonyl (C=O) groups is 2. The van der Waals surface area contributed by atoms with Crippen molar-refractivity contribution in [1.82, 2.24) is 5.32 Å². The quantitative estimate of drug-likeness (QED) is 0.215. The van der Waals surface area contributed by atoms with Crippen LogP contribution in [0.1, 0.15) is 58.2 Å². The van der Waals surface area contributed by atoms with Gasteiger partial charge in [-0.05, 0) is 77.2 Å². The SMILES string of the molecule is COc1c(C=C2C(=O)NC(=S)N(c3ccc(Oc4ccccc4)cc3)C2=O)cc(C(C)(C)C)cc1C(C)(C)C. The molecule has 7 heteroatoms. The maximum absolute atomic E-state index is 13.7. The fourth-order valence-corrected chi connectivity index (χ4v) is 4.59. The molecule has 3 aromatic carbocycles. The predicted octanol–water partition coefficient (Wildman–Crippen LogP) is 6.91. The Morgan fingerprint density at radius 2 is 1.46 bits per heavy atom. The highest BCUT2D eigenvalue weighted by atomic mass is 32.1. The number of nitrogens with zero attached hydrogens (tertiary/aromatic N) is 1. The Hall–Kier alpha value is -3.97. The first-order valence-corrected chi connectivity index (χ1v) is 13.2. The summed E-state index contributed by atoms with van der Waals surface area (Å²) in [4.78, 5) is 28.1. The molecule has 202 valence electrons. The maximum Gasteiger partial charge on any atom is 0.270 e. The number of amides is 2. The first-order valence-electron chi connectivity index (χ1n) is 12.8. The number of thiocarbonyl (C=S) groups is 1. The molecule has 3 aromatic rings. The van der Waals surface area contributed by atoms with Gasteiger partial charge in [-0.15, -0.1) is 0 Å². The molecule has 0 bridgehead atoms. The number of methoxy groups -OCH3 is 1. The molecular formula is C32H34N2O4S. The summed E-state index contributed by atoms with van der Waals surface area (Å²) in [5.41, 5.74) is 2.83. The summed E-state index contributed by atoms with van der Waals surface area (Å²) < 4.78 is 11.7. The Kier molecular flexibility index (Phi) is 7.66. The van der Waals surface area contributed by atoms with Crippen molar-refractivity contribution in [3.63, 3.8) is 0 Å². The van der Waals surface area contributed by atoms with Crippen LogP contribution in [0.15, 0.2) is 72.3 Å². The maximum atomic E-state index is 13.7. The Morgan fingerprint density at radius 3 is 2.03 bits per heavy atom. The van der Waals surface area contributed by atoms with E-state index in [4.69, 9.17) is 21.7 Å². The van der Waals surface area contributed by atoms with E-state index in [0.717, 1.165) is 11.1 Å². The third kappa shape index (κ3) is 6.04. The van der Waals surface area contributed by atoms with Gasteiger partial charge in [0, 0.05) is 11.1 Å². The van der Waals surface area contributed by atoms with Gasteiger partial charge in [0.15, 0.2) is 5.11 Å². The van der Waals surface area contributed by atoms with Crippen LogP contribution in [0.5, 0.6) is 17.2 Å². The first-order chi connectivity index (χ1) is 18.3. The highest BCUT2D eigenvalue weighted by molar-refractivity contribution is 7.80. The Bertz CT molecular complexity index is 1450. The molecule has 1 heterocycles. The van der Waals surface area contributed by atoms with Gasteiger partial charge in [0.1, 0.15) is 22.8 Å². The van der Waals surface area contributed by atoms with Crippen molar-refractivity contribution in [3.8, 4) is 17.2 Å². The van der Waals surface area contributed by atoms with Gasteiger partial charge >= 0.3 is 0 Å². The monoisotopic (exact) mass is 542 g/mol. The number of para-hydroxylation sites is 1. The second-order valence-corrected chi connectivity index (χ2v) is 11.9. The van der Waals surface area contributed by atoms with Gasteiger partial charge in [-0.2, -0.15) is 0 Å². The third-order valence-electron chi connectivity index (χ3n) is 6.47. The van der Waals surface area contributed by atoms with Crippen LogP contribution in [0.25, 0.3) is 6.08 Å². The zero-order chi connectivity index (χ0) is 28.5. The highest BCUT2D eigenvalue weighted by Crippen LogP contribution is 2.39. The van der Waals surface area contributed by atoms with Crippen LogP contribution in [-0.2, 0) is 20.4 Å². The molecule has 0 unspecified atom stereocenters. The molecule has 39 heavy (non-hydrogen) atoms. The van der Waals surface area contributed by atoms with E-state index in [2.05, 4.69) is 52.9 Å². The minimum absolute atomic E-state index is 0.0182. The lowest BCUT2D eigenvalue weighted by molar-refractivity contribution is -0.122. The zero-order valence-corrected chi connectivity index (χ0v) is 24.2. The average molecular weight is 543 g/mol. The molecule has 4 rings (SSSR count). The largest absolute Gasteiger partial charge is 0.496 e. The molecule has 1 fully saturated rings. The molecule has 6 nitrogen and oxygen atoms in total. The number of carbonyl (C=O) groups excluding carboxylic acids is 2. The van der Waals surface area contributed by atoms with E-state index in [1.54, 1.807) is 37.5 Å². The number of ether oxygens (including phenoxy) is 2. The highest BCUT2D eigenvalue weighted by Gasteiger charge is 2.35. The summed E-state index contributed by atoms with van der Waals surface area (Å²) in [6, 6.07) is 20.5. The van der Waals surface area contributed by atoms with Gasteiger partial charge < -0.3 is 9.47 Å². The molecule has 0 spiro atoms. The lowest BCUT2D eigenvalue weighted by Gasteiger charge is -2.30. The van der Waals surface area contributed by atoms with Crippen LogP contribution in [0.2, 0.25) is 0 Å². The van der Waals surface area contributed by atoms with Crippen LogP contribution >= 0.6 is 12.2 Å². The predicted molar refractivity (Wildman–Crippen MR) is 160 cm³/mol. The van der Waals surface area contributed by atoms with Crippen LogP contribution in [0.4, 0.5) is 5.69 Å². The topological polar surface area (TPSA) is 67.9 Å². The Morgan fingerprint density at radius 1 is 0.846 bits per heavy atom. The second kappa shape index (κ2) is 10.7. The van der Waals surface area contributed by atoms with Crippen molar-refractivity contribution >= 4 is 40.9 Å². The number of hydrogen-bond donors (Lipinski definition) is 1. The molecular weight excluding hydrogens is 508 g/mol. The van der Waals surface area contributed by atoms with Gasteiger partial charge in [-0.25, -0.2) is 0 Å². The van der Waals surface area contributed by atoms with E-state index in [1.165, 1.54) is 4.90 Å². The van der Waals surface area contributed by atoms with Crippen LogP contribution < -0.4 is 19.7 Å². The smallest absolute Gasteiger partial charge is 0.270 e. The molecule has 0 aliphatic carbocycles. The van der Waals surface area contributed by atoms with Crippen molar-refractivity contribution in [2.24, 2.45) is 0 Å². The van der Waals surface area contributed by atoms with Gasteiger partial charge in [0.2, 0.25) is 0 Å². The third-order valence-corrected chi connectivity index (χ3v) is 6.76. The van der Waals surface area contributed by atoms with E-state index in [-0.39, 0.29) is 21.5 Å². The first kappa shape index (κ1) is 28.0. The van der Waals surface area contributed by atoms with E-state index < -0.39 is 11.8 Å². The summed E-state index contributed by atoms with van der Waals surface area (Å²) in [5.74, 6) is 0.879. The molecule has 1 aliphatic rings. The molecule has 0 saturated carbocycles. The Labute approximate surface area is 235 Å². The van der Waals surface area contributed by atoms with Crippen LogP contribution in [0, 0.1) is 0 Å². The molecule has 1 N–H and O–H groups in total. The number of rotatable bonds is 5. The minimum Gasteiger partial charge on any atom is -0.496 e. The van der Waals surface area contributed by atoms with Crippen molar-refractivity contribution in [2.75, 3.05) is 12.0 Å². The summed E-state index contributed by atoms with van der Waals surface area (Å²) in [6.07, 6.45) is 1.60. The number of hydrogen-bond acceptors (Lipinski definition) is 5. The van der Waals surface area contributed by atoms with E-state index in [9.17, 15) is 9.59 Å². The van der Waals surface area contributed by atoms with E-state index in [0.29, 0.717) is 28.5 Å². The van der Waals surface area contributed by atoms with Gasteiger partial charge in [-0.3, -0.25) is 19.8 Å². The lowest BCUT2D eigenvalue weighted by Crippen LogP contribution is -2.54. The minimum atomic E-state index is -0.550. The van der Waals surface area contributed by atoms with E-state index in [1.807, 2.05) is 36.4 Å². The number of anilines is 1. The summed E-state index contributed by atoms with van der Waals surface area (Å²) in [5, 5.41) is 2.69. The molecule has 2 amide bonds. The molecule has 0 aromatic heterocycles. The average Bonchev–Trinajstić information content (AvgIpc) is 2.86. The van der Waals surface area contributed by atoms with Crippen molar-refractivity contribution in [2.45, 2.75) is 52.4 Å². The fourth-order valence-electron chi connectivity index (χ4n) is 4.31. The molecule has 0 atom stereocenters. The van der Waals surface area contributed by atoms with Crippen LogP contribution in [-0.4, -0.2) is 24.0 Å². The van der Waals surface area contributed by atoms with Crippen LogP contribution in [0.3, 0.4) is 0 Å². The summed E-state index contributed by atoms with van der Waals surface area (Å²) >= 11 is 5.40. The standard InChI is InChI=1S/C32H34N2O4S/c1-31(2,3)21-17-20(27(37-7)26(19-21)32(4,5)6)18-25-28(35)33-30(39)34(29(25)36)22-13-15-24(16-14-22)38-23-11-9-8-10-12-23/h8-19H,1-7H3,(H,33,35,39). The normalized spacial score (nSPS) is 15.4. The Balaban J connectivity index is 1.74. The number of benzene rings is 3. The van der Waals surface area contributed by atoms with E-state index >= 15 is 0 Å². The fraction of sp³-hybridized carbons (Fsp3) is 0.281. The van der Waals surface area contributed by atoms with Gasteiger partial charge in [0.05, 0.1) is 12.8 Å². The molecule has 1 saturated heterocycles. The van der Waals surface area contributed by atoms with Crippen molar-refractivity contribution in [3.05, 3.63) is 89.0 Å². The summed E-state index contributed by atoms with van der Waals surface area (Å²) in [7, 11) is 1.60. The molecule has 0 radical (unpaired) electrons. The lowest BCUT2D eigenvalue weighted by atomic mass is 9.78. The van der Waals surface area contributed by atoms with Crippen molar-refractivity contribution in [1.29, 1.82) is 0 Å². The second-order valence-electron chi connectivity index (χ2n) is 11.5. The van der Waals surface area contributed by atoms with Gasteiger partial charge in [-0.1, -0.05) is 65.8 Å². The summed E-state index contributed by atoms with van der Waals surface area (Å²) in [6.45, 7) is 12.7. The number of nitrogens with one attached hydrogen (secondary N) is 1. The zero-order valence-electron chi connectivity index (χ0n) is 23.4.